The fourth-order valence-corrected chi connectivity index (χ4v) is 3.57. The molecule has 8 nitrogen and oxygen atoms in total. The first-order chi connectivity index (χ1) is 15.8. The molecule has 2 aromatic carbocycles. The molecule has 0 radical (unpaired) electrons. The van der Waals surface area contributed by atoms with Gasteiger partial charge in [0.15, 0.2) is 11.8 Å². The molecule has 0 aliphatic carbocycles. The van der Waals surface area contributed by atoms with Crippen LogP contribution in [0.1, 0.15) is 37.8 Å². The van der Waals surface area contributed by atoms with E-state index in [-0.39, 0.29) is 18.1 Å². The van der Waals surface area contributed by atoms with Gasteiger partial charge in [-0.3, -0.25) is 24.0 Å². The van der Waals surface area contributed by atoms with Crippen LogP contribution in [0.15, 0.2) is 64.2 Å². The van der Waals surface area contributed by atoms with Crippen molar-refractivity contribution in [1.29, 1.82) is 0 Å². The summed E-state index contributed by atoms with van der Waals surface area (Å²) < 4.78 is 7.19. The molecule has 0 saturated carbocycles. The molecule has 1 amide bonds. The van der Waals surface area contributed by atoms with Crippen LogP contribution in [0.25, 0.3) is 0 Å². The molecule has 1 atom stereocenters. The fraction of sp³-hybridized carbons (Fsp3) is 0.320. The molecule has 1 heterocycles. The minimum Gasteiger partial charge on any atom is -0.481 e. The number of ether oxygens (including phenoxy) is 1. The number of carbonyl (C=O) groups excluding carboxylic acids is 1. The second-order valence-corrected chi connectivity index (χ2v) is 7.98. The molecule has 3 rings (SSSR count). The van der Waals surface area contributed by atoms with Crippen molar-refractivity contribution in [2.45, 2.75) is 52.8 Å². The second kappa shape index (κ2) is 10.7. The Kier molecular flexibility index (Phi) is 7.71. The van der Waals surface area contributed by atoms with Gasteiger partial charge in [0.2, 0.25) is 0 Å². The lowest BCUT2D eigenvalue weighted by Crippen LogP contribution is -2.45. The third kappa shape index (κ3) is 5.71. The molecule has 1 aromatic heterocycles. The van der Waals surface area contributed by atoms with E-state index in [1.165, 1.54) is 9.47 Å². The van der Waals surface area contributed by atoms with Gasteiger partial charge in [0.25, 0.3) is 11.5 Å². The third-order valence-corrected chi connectivity index (χ3v) is 5.32. The first-order valence-electron chi connectivity index (χ1n) is 11.0. The van der Waals surface area contributed by atoms with Crippen molar-refractivity contribution in [3.05, 3.63) is 86.6 Å². The Balaban J connectivity index is 2.04. The molecule has 0 bridgehead atoms. The molecular weight excluding hydrogens is 420 g/mol. The second-order valence-electron chi connectivity index (χ2n) is 7.98. The van der Waals surface area contributed by atoms with E-state index in [0.717, 1.165) is 17.5 Å². The van der Waals surface area contributed by atoms with E-state index in [1.807, 2.05) is 62.4 Å². The minimum atomic E-state index is -0.898. The largest absolute Gasteiger partial charge is 0.481 e. The molecule has 0 aliphatic heterocycles. The van der Waals surface area contributed by atoms with E-state index in [9.17, 15) is 14.4 Å². The lowest BCUT2D eigenvalue weighted by atomic mass is 10.2. The van der Waals surface area contributed by atoms with Crippen LogP contribution in [0, 0.1) is 6.92 Å². The van der Waals surface area contributed by atoms with Gasteiger partial charge in [-0.2, -0.15) is 0 Å². The number of nitrogens with one attached hydrogen (secondary N) is 1. The van der Waals surface area contributed by atoms with Gasteiger partial charge in [0.1, 0.15) is 11.6 Å². The van der Waals surface area contributed by atoms with Crippen molar-refractivity contribution in [2.24, 2.45) is 0 Å². The Morgan fingerprint density at radius 3 is 2.55 bits per heavy atom. The van der Waals surface area contributed by atoms with Crippen molar-refractivity contribution in [1.82, 2.24) is 9.55 Å². The lowest BCUT2D eigenvalue weighted by molar-refractivity contribution is -0.124. The lowest BCUT2D eigenvalue weighted by Gasteiger charge is -2.27. The van der Waals surface area contributed by atoms with E-state index < -0.39 is 23.3 Å². The quantitative estimate of drug-likeness (QED) is 0.520. The van der Waals surface area contributed by atoms with Crippen LogP contribution in [0.2, 0.25) is 0 Å². The number of aromatic amines is 1. The molecular formula is C25H30N4O4. The molecule has 0 saturated heterocycles. The van der Waals surface area contributed by atoms with Gasteiger partial charge in [-0.15, -0.1) is 0 Å². The summed E-state index contributed by atoms with van der Waals surface area (Å²) in [5.74, 6) is 0.0628. The number of nitrogens with zero attached hydrogens (tertiary/aromatic N) is 2. The number of hydrogen-bond acceptors (Lipinski definition) is 5. The van der Waals surface area contributed by atoms with Gasteiger partial charge < -0.3 is 10.5 Å². The van der Waals surface area contributed by atoms with Gasteiger partial charge in [-0.1, -0.05) is 55.8 Å². The van der Waals surface area contributed by atoms with Crippen LogP contribution < -0.4 is 26.6 Å². The number of anilines is 2. The zero-order valence-corrected chi connectivity index (χ0v) is 19.2. The maximum atomic E-state index is 13.6. The van der Waals surface area contributed by atoms with Crippen LogP contribution in [0.4, 0.5) is 11.5 Å². The van der Waals surface area contributed by atoms with Crippen LogP contribution >= 0.6 is 0 Å². The number of unbranched alkanes of at least 4 members (excludes halogenated alkanes) is 1. The van der Waals surface area contributed by atoms with E-state index in [1.54, 1.807) is 13.0 Å². The number of aryl methyl sites for hydroxylation is 1. The number of H-pyrrole nitrogens is 1. The van der Waals surface area contributed by atoms with Crippen molar-refractivity contribution < 1.29 is 9.53 Å². The van der Waals surface area contributed by atoms with Crippen molar-refractivity contribution in [2.75, 3.05) is 10.6 Å². The van der Waals surface area contributed by atoms with Crippen molar-refractivity contribution in [3.8, 4) is 5.75 Å². The molecule has 0 fully saturated rings. The third-order valence-electron chi connectivity index (χ3n) is 5.32. The zero-order chi connectivity index (χ0) is 24.0. The summed E-state index contributed by atoms with van der Waals surface area (Å²) in [6.07, 6.45) is 0.647. The number of nitrogens with two attached hydrogens (primary N) is 1. The maximum absolute atomic E-state index is 13.6. The molecule has 1 unspecified atom stereocenters. The minimum absolute atomic E-state index is 0.0377. The zero-order valence-electron chi connectivity index (χ0n) is 19.2. The number of amides is 1. The first-order valence-corrected chi connectivity index (χ1v) is 11.0. The highest BCUT2D eigenvalue weighted by Crippen LogP contribution is 2.23. The molecule has 174 valence electrons. The normalized spacial score (nSPS) is 11.7. The van der Waals surface area contributed by atoms with E-state index >= 15 is 0 Å². The summed E-state index contributed by atoms with van der Waals surface area (Å²) in [6.45, 7) is 5.98. The monoisotopic (exact) mass is 450 g/mol. The topological polar surface area (TPSA) is 110 Å². The molecule has 8 heteroatoms. The highest BCUT2D eigenvalue weighted by Gasteiger charge is 2.29. The van der Waals surface area contributed by atoms with Crippen LogP contribution in [0.3, 0.4) is 0 Å². The van der Waals surface area contributed by atoms with Crippen molar-refractivity contribution in [3.63, 3.8) is 0 Å². The predicted octanol–water partition coefficient (Wildman–Crippen LogP) is 3.23. The van der Waals surface area contributed by atoms with Gasteiger partial charge in [-0.05, 0) is 43.5 Å². The number of nitrogen functional groups attached to an aromatic ring is 1. The fourth-order valence-electron chi connectivity index (χ4n) is 3.57. The Morgan fingerprint density at radius 2 is 1.88 bits per heavy atom. The van der Waals surface area contributed by atoms with Crippen molar-refractivity contribution >= 4 is 17.4 Å². The number of benzene rings is 2. The number of rotatable bonds is 9. The standard InChI is InChI=1S/C25H30N4O4/c1-4-5-14-28-22(26)21(23(30)27-25(28)32)29(16-19-11-7-6-8-12-19)24(31)18(3)33-20-13-9-10-17(2)15-20/h6-13,15,18H,4-5,14,16,26H2,1-3H3,(H,27,30,32). The smallest absolute Gasteiger partial charge is 0.330 e. The number of aromatic nitrogens is 2. The molecule has 0 aliphatic rings. The Morgan fingerprint density at radius 1 is 1.15 bits per heavy atom. The Bertz CT molecular complexity index is 1220. The molecule has 3 N–H and O–H groups in total. The number of hydrogen-bond donors (Lipinski definition) is 2. The highest BCUT2D eigenvalue weighted by atomic mass is 16.5. The SMILES string of the molecule is CCCCn1c(N)c(N(Cc2ccccc2)C(=O)C(C)Oc2cccc(C)c2)c(=O)[nH]c1=O. The van der Waals surface area contributed by atoms with Gasteiger partial charge in [-0.25, -0.2) is 4.79 Å². The van der Waals surface area contributed by atoms with Gasteiger partial charge in [0.05, 0.1) is 6.54 Å². The van der Waals surface area contributed by atoms with E-state index in [0.29, 0.717) is 18.7 Å². The average Bonchev–Trinajstić information content (AvgIpc) is 2.78. The first kappa shape index (κ1) is 23.8. The molecule has 3 aromatic rings. The average molecular weight is 451 g/mol. The van der Waals surface area contributed by atoms with Crippen LogP contribution in [-0.2, 0) is 17.9 Å². The van der Waals surface area contributed by atoms with E-state index in [4.69, 9.17) is 10.5 Å². The summed E-state index contributed by atoms with van der Waals surface area (Å²) in [5, 5.41) is 0. The van der Waals surface area contributed by atoms with Gasteiger partial charge in [0, 0.05) is 6.54 Å². The Labute approximate surface area is 192 Å². The van der Waals surface area contributed by atoms with Crippen LogP contribution in [0.5, 0.6) is 5.75 Å². The molecule has 33 heavy (non-hydrogen) atoms. The summed E-state index contributed by atoms with van der Waals surface area (Å²) in [6, 6.07) is 16.6. The Hall–Kier alpha value is -3.81. The van der Waals surface area contributed by atoms with Crippen LogP contribution in [-0.4, -0.2) is 21.6 Å². The summed E-state index contributed by atoms with van der Waals surface area (Å²) >= 11 is 0. The van der Waals surface area contributed by atoms with Gasteiger partial charge >= 0.3 is 5.69 Å². The summed E-state index contributed by atoms with van der Waals surface area (Å²) in [4.78, 5) is 42.4. The highest BCUT2D eigenvalue weighted by molar-refractivity contribution is 5.98. The maximum Gasteiger partial charge on any atom is 0.330 e. The van der Waals surface area contributed by atoms with E-state index in [2.05, 4.69) is 4.98 Å². The summed E-state index contributed by atoms with van der Waals surface area (Å²) in [7, 11) is 0. The number of carbonyl (C=O) groups is 1. The predicted molar refractivity (Wildman–Crippen MR) is 130 cm³/mol. The summed E-state index contributed by atoms with van der Waals surface area (Å²) in [5.41, 5.74) is 6.74. The molecule has 0 spiro atoms.